The molecule has 4 unspecified atom stereocenters. The zero-order valence-electron chi connectivity index (χ0n) is 20.5. The molecule has 3 fully saturated rings. The monoisotopic (exact) mass is 450 g/mol. The third-order valence-electron chi connectivity index (χ3n) is 10.1. The van der Waals surface area contributed by atoms with Gasteiger partial charge in [0.2, 0.25) is 11.8 Å². The van der Waals surface area contributed by atoms with Gasteiger partial charge in [0.05, 0.1) is 7.11 Å². The van der Waals surface area contributed by atoms with Gasteiger partial charge in [-0.25, -0.2) is 0 Å². The van der Waals surface area contributed by atoms with Crippen LogP contribution >= 0.6 is 0 Å². The highest BCUT2D eigenvalue weighted by atomic mass is 16.5. The van der Waals surface area contributed by atoms with Gasteiger partial charge in [-0.15, -0.1) is 0 Å². The van der Waals surface area contributed by atoms with Crippen molar-refractivity contribution >= 4 is 17.5 Å². The smallest absolute Gasteiger partial charge is 0.246 e. The molecule has 0 bridgehead atoms. The Labute approximate surface area is 197 Å². The molecule has 1 aromatic rings. The number of methoxy groups -OCH3 is 1. The van der Waals surface area contributed by atoms with E-state index in [0.29, 0.717) is 36.1 Å². The predicted octanol–water partition coefficient (Wildman–Crippen LogP) is 5.28. The number of fused-ring (bicyclic) bond motifs is 5. The maximum atomic E-state index is 13.0. The van der Waals surface area contributed by atoms with Crippen molar-refractivity contribution in [3.63, 3.8) is 0 Å². The number of carbonyl (C=O) groups is 2. The summed E-state index contributed by atoms with van der Waals surface area (Å²) < 4.78 is 5.29. The second kappa shape index (κ2) is 8.18. The molecule has 0 aromatic heterocycles. The van der Waals surface area contributed by atoms with Crippen molar-refractivity contribution in [2.45, 2.75) is 64.8 Å². The molecule has 0 spiro atoms. The Morgan fingerprint density at radius 3 is 2.76 bits per heavy atom. The fourth-order valence-electron chi connectivity index (χ4n) is 8.32. The summed E-state index contributed by atoms with van der Waals surface area (Å²) in [6, 6.07) is 7.92. The lowest BCUT2D eigenvalue weighted by Gasteiger charge is -2.60. The first-order valence-electron chi connectivity index (χ1n) is 12.7. The van der Waals surface area contributed by atoms with Crippen LogP contribution in [0, 0.1) is 34.5 Å². The van der Waals surface area contributed by atoms with Gasteiger partial charge in [0.25, 0.3) is 0 Å². The number of rotatable bonds is 4. The minimum atomic E-state index is 0.0781. The number of anilines is 1. The van der Waals surface area contributed by atoms with Crippen molar-refractivity contribution in [3.8, 4) is 5.75 Å². The van der Waals surface area contributed by atoms with Gasteiger partial charge in [0, 0.05) is 36.7 Å². The van der Waals surface area contributed by atoms with E-state index in [-0.39, 0.29) is 22.6 Å². The van der Waals surface area contributed by atoms with E-state index in [9.17, 15) is 9.59 Å². The highest BCUT2D eigenvalue weighted by Crippen LogP contribution is 2.65. The number of hydrogen-bond acceptors (Lipinski definition) is 3. The summed E-state index contributed by atoms with van der Waals surface area (Å²) >= 11 is 0. The van der Waals surface area contributed by atoms with Crippen molar-refractivity contribution in [2.24, 2.45) is 34.5 Å². The lowest BCUT2D eigenvalue weighted by atomic mass is 9.47. The Morgan fingerprint density at radius 1 is 1.15 bits per heavy atom. The van der Waals surface area contributed by atoms with E-state index >= 15 is 0 Å². The second-order valence-electron chi connectivity index (χ2n) is 11.4. The van der Waals surface area contributed by atoms with Gasteiger partial charge in [-0.3, -0.25) is 9.59 Å². The Bertz CT molecular complexity index is 974. The molecule has 1 aromatic carbocycles. The molecule has 1 N–H and O–H groups in total. The maximum absolute atomic E-state index is 13.0. The molecule has 1 aliphatic heterocycles. The van der Waals surface area contributed by atoms with Crippen LogP contribution in [-0.4, -0.2) is 36.9 Å². The molecular formula is C28H38N2O3. The van der Waals surface area contributed by atoms with E-state index < -0.39 is 0 Å². The first-order chi connectivity index (χ1) is 15.8. The number of carbonyl (C=O) groups excluding carboxylic acids is 2. The van der Waals surface area contributed by atoms with Crippen molar-refractivity contribution in [3.05, 3.63) is 36.4 Å². The van der Waals surface area contributed by atoms with Crippen molar-refractivity contribution in [1.29, 1.82) is 0 Å². The normalized spacial score (nSPS) is 39.5. The summed E-state index contributed by atoms with van der Waals surface area (Å²) in [4.78, 5) is 27.3. The fourth-order valence-corrected chi connectivity index (χ4v) is 8.32. The number of amides is 2. The number of benzene rings is 1. The topological polar surface area (TPSA) is 58.6 Å². The molecular weight excluding hydrogens is 412 g/mol. The van der Waals surface area contributed by atoms with Crippen molar-refractivity contribution < 1.29 is 14.3 Å². The van der Waals surface area contributed by atoms with E-state index in [1.807, 2.05) is 42.3 Å². The standard InChI is InChI=1S/C28H38N2O3/c1-27-14-12-23-21(9-11-24-28(23,2)15-13-26(32)30(24)3)22(27)10-8-18(27)16-25(31)29-19-6-5-7-20(17-19)33-4/h5-7,13,15,17-18,21-24H,8-12,14,16H2,1-4H3,(H,29,31)/t18-,21?,22?,23?,24?,27-,28-/m1/s1. The molecule has 0 saturated heterocycles. The molecule has 5 rings (SSSR count). The third kappa shape index (κ3) is 3.59. The van der Waals surface area contributed by atoms with Gasteiger partial charge in [-0.1, -0.05) is 26.0 Å². The number of ether oxygens (including phenoxy) is 1. The number of likely N-dealkylation sites (N-methyl/N-ethyl adjacent to an activating group) is 1. The lowest BCUT2D eigenvalue weighted by molar-refractivity contribution is -0.139. The molecule has 4 aliphatic rings. The molecule has 178 valence electrons. The molecule has 3 saturated carbocycles. The van der Waals surface area contributed by atoms with Gasteiger partial charge in [0.15, 0.2) is 0 Å². The fraction of sp³-hybridized carbons (Fsp3) is 0.643. The lowest BCUT2D eigenvalue weighted by Crippen LogP contribution is -2.59. The molecule has 5 nitrogen and oxygen atoms in total. The van der Waals surface area contributed by atoms with Crippen LogP contribution in [0.3, 0.4) is 0 Å². The Morgan fingerprint density at radius 2 is 1.97 bits per heavy atom. The number of nitrogens with zero attached hydrogens (tertiary/aromatic N) is 1. The zero-order chi connectivity index (χ0) is 23.4. The summed E-state index contributed by atoms with van der Waals surface area (Å²) in [7, 11) is 3.62. The molecule has 0 radical (unpaired) electrons. The van der Waals surface area contributed by atoms with E-state index in [2.05, 4.69) is 25.2 Å². The van der Waals surface area contributed by atoms with E-state index in [1.165, 1.54) is 25.7 Å². The van der Waals surface area contributed by atoms with Gasteiger partial charge < -0.3 is 15.0 Å². The highest BCUT2D eigenvalue weighted by Gasteiger charge is 2.60. The van der Waals surface area contributed by atoms with E-state index in [4.69, 9.17) is 4.74 Å². The van der Waals surface area contributed by atoms with Gasteiger partial charge in [0.1, 0.15) is 5.75 Å². The summed E-state index contributed by atoms with van der Waals surface area (Å²) in [5, 5.41) is 3.10. The number of hydrogen-bond donors (Lipinski definition) is 1. The maximum Gasteiger partial charge on any atom is 0.246 e. The van der Waals surface area contributed by atoms with Crippen LogP contribution in [0.1, 0.15) is 58.8 Å². The van der Waals surface area contributed by atoms with E-state index in [1.54, 1.807) is 7.11 Å². The zero-order valence-corrected chi connectivity index (χ0v) is 20.5. The first-order valence-corrected chi connectivity index (χ1v) is 12.7. The van der Waals surface area contributed by atoms with Crippen LogP contribution < -0.4 is 10.1 Å². The first kappa shape index (κ1) is 22.5. The van der Waals surface area contributed by atoms with Gasteiger partial charge in [-0.2, -0.15) is 0 Å². The molecule has 2 amide bonds. The summed E-state index contributed by atoms with van der Waals surface area (Å²) in [5.74, 6) is 3.47. The average molecular weight is 451 g/mol. The van der Waals surface area contributed by atoms with Crippen molar-refractivity contribution in [2.75, 3.05) is 19.5 Å². The van der Waals surface area contributed by atoms with Crippen LogP contribution in [0.5, 0.6) is 5.75 Å². The quantitative estimate of drug-likeness (QED) is 0.679. The summed E-state index contributed by atoms with van der Waals surface area (Å²) in [6.45, 7) is 4.86. The van der Waals surface area contributed by atoms with E-state index in [0.717, 1.165) is 24.3 Å². The molecule has 33 heavy (non-hydrogen) atoms. The van der Waals surface area contributed by atoms with Crippen LogP contribution in [0.2, 0.25) is 0 Å². The SMILES string of the molecule is COc1cccc(NC(=O)C[C@H]2CCC3C4CCC5N(C)C(=O)C=C[C@]5(C)C4CC[C@@]32C)c1. The Balaban J connectivity index is 1.30. The molecule has 5 heteroatoms. The molecule has 7 atom stereocenters. The van der Waals surface area contributed by atoms with Crippen molar-refractivity contribution in [1.82, 2.24) is 4.90 Å². The summed E-state index contributed by atoms with van der Waals surface area (Å²) in [6.07, 6.45) is 11.7. The Kier molecular flexibility index (Phi) is 5.57. The largest absolute Gasteiger partial charge is 0.497 e. The Hall–Kier alpha value is -2.30. The van der Waals surface area contributed by atoms with Crippen LogP contribution in [0.15, 0.2) is 36.4 Å². The third-order valence-corrected chi connectivity index (χ3v) is 10.1. The van der Waals surface area contributed by atoms with Crippen LogP contribution in [0.4, 0.5) is 5.69 Å². The second-order valence-corrected chi connectivity index (χ2v) is 11.4. The average Bonchev–Trinajstić information content (AvgIpc) is 3.13. The number of nitrogens with one attached hydrogen (secondary N) is 1. The highest BCUT2D eigenvalue weighted by molar-refractivity contribution is 5.91. The predicted molar refractivity (Wildman–Crippen MR) is 130 cm³/mol. The van der Waals surface area contributed by atoms with Gasteiger partial charge >= 0.3 is 0 Å². The van der Waals surface area contributed by atoms with Gasteiger partial charge in [-0.05, 0) is 85.8 Å². The summed E-state index contributed by atoms with van der Waals surface area (Å²) in [5.41, 5.74) is 1.11. The minimum Gasteiger partial charge on any atom is -0.497 e. The van der Waals surface area contributed by atoms with Crippen LogP contribution in [-0.2, 0) is 9.59 Å². The van der Waals surface area contributed by atoms with Crippen LogP contribution in [0.25, 0.3) is 0 Å². The molecule has 1 heterocycles. The minimum absolute atomic E-state index is 0.0781. The molecule has 3 aliphatic carbocycles.